The lowest BCUT2D eigenvalue weighted by atomic mass is 9.95. The topological polar surface area (TPSA) is 66.5 Å². The summed E-state index contributed by atoms with van der Waals surface area (Å²) >= 11 is 0. The van der Waals surface area contributed by atoms with Crippen LogP contribution in [0.5, 0.6) is 0 Å². The van der Waals surface area contributed by atoms with Crippen LogP contribution in [0.2, 0.25) is 0 Å². The molecule has 0 aliphatic heterocycles. The van der Waals surface area contributed by atoms with E-state index in [-0.39, 0.29) is 24.9 Å². The number of aryl methyl sites for hydroxylation is 1. The number of sulfonamides is 1. The lowest BCUT2D eigenvalue weighted by molar-refractivity contribution is -0.121. The first-order chi connectivity index (χ1) is 10.9. The van der Waals surface area contributed by atoms with Gasteiger partial charge in [-0.05, 0) is 37.5 Å². The molecule has 1 fully saturated rings. The number of amides is 1. The van der Waals surface area contributed by atoms with Gasteiger partial charge in [0.15, 0.2) is 0 Å². The highest BCUT2D eigenvalue weighted by molar-refractivity contribution is 7.92. The molecule has 0 saturated heterocycles. The maximum Gasteiger partial charge on any atom is 0.232 e. The normalized spacial score (nSPS) is 16.1. The molecule has 128 valence electrons. The van der Waals surface area contributed by atoms with Gasteiger partial charge < -0.3 is 5.32 Å². The molecule has 1 aromatic rings. The van der Waals surface area contributed by atoms with Crippen molar-refractivity contribution < 1.29 is 13.2 Å². The highest BCUT2D eigenvalue weighted by Crippen LogP contribution is 2.20. The zero-order chi connectivity index (χ0) is 16.9. The Bertz CT molecular complexity index is 637. The van der Waals surface area contributed by atoms with Gasteiger partial charge >= 0.3 is 0 Å². The highest BCUT2D eigenvalue weighted by Gasteiger charge is 2.20. The zero-order valence-corrected chi connectivity index (χ0v) is 14.7. The van der Waals surface area contributed by atoms with E-state index in [9.17, 15) is 13.2 Å². The Balaban J connectivity index is 1.97. The molecule has 2 rings (SSSR count). The second kappa shape index (κ2) is 7.81. The largest absolute Gasteiger partial charge is 0.353 e. The van der Waals surface area contributed by atoms with Crippen LogP contribution in [0.3, 0.4) is 0 Å². The Morgan fingerprint density at radius 3 is 2.57 bits per heavy atom. The van der Waals surface area contributed by atoms with Gasteiger partial charge in [0.1, 0.15) is 0 Å². The van der Waals surface area contributed by atoms with Crippen molar-refractivity contribution in [2.24, 2.45) is 0 Å². The van der Waals surface area contributed by atoms with Crippen molar-refractivity contribution >= 4 is 21.6 Å². The van der Waals surface area contributed by atoms with Gasteiger partial charge in [0.2, 0.25) is 15.9 Å². The molecule has 0 radical (unpaired) electrons. The van der Waals surface area contributed by atoms with E-state index in [4.69, 9.17) is 0 Å². The van der Waals surface area contributed by atoms with E-state index in [2.05, 4.69) is 5.32 Å². The van der Waals surface area contributed by atoms with Crippen molar-refractivity contribution in [2.45, 2.75) is 51.5 Å². The van der Waals surface area contributed by atoms with Crippen molar-refractivity contribution in [3.05, 3.63) is 29.8 Å². The summed E-state index contributed by atoms with van der Waals surface area (Å²) in [5.74, 6) is -0.0711. The lowest BCUT2D eigenvalue weighted by Gasteiger charge is -2.25. The van der Waals surface area contributed by atoms with Crippen LogP contribution in [-0.4, -0.2) is 33.2 Å². The van der Waals surface area contributed by atoms with Crippen LogP contribution in [0, 0.1) is 6.92 Å². The van der Waals surface area contributed by atoms with Crippen LogP contribution in [0.4, 0.5) is 5.69 Å². The van der Waals surface area contributed by atoms with E-state index in [0.717, 1.165) is 31.2 Å². The lowest BCUT2D eigenvalue weighted by Crippen LogP contribution is -2.39. The van der Waals surface area contributed by atoms with Crippen molar-refractivity contribution in [1.82, 2.24) is 5.32 Å². The molecule has 1 aromatic carbocycles. The molecule has 1 N–H and O–H groups in total. The van der Waals surface area contributed by atoms with Crippen LogP contribution in [0.25, 0.3) is 0 Å². The monoisotopic (exact) mass is 338 g/mol. The number of carbonyl (C=O) groups is 1. The van der Waals surface area contributed by atoms with Crippen molar-refractivity contribution in [2.75, 3.05) is 17.1 Å². The SMILES string of the molecule is Cc1cccc(N(CCC(=O)NC2CCCCC2)S(C)(=O)=O)c1. The quantitative estimate of drug-likeness (QED) is 0.867. The van der Waals surface area contributed by atoms with E-state index in [0.29, 0.717) is 5.69 Å². The third-order valence-electron chi connectivity index (χ3n) is 4.20. The minimum Gasteiger partial charge on any atom is -0.353 e. The molecule has 1 aliphatic carbocycles. The Hall–Kier alpha value is -1.56. The summed E-state index contributed by atoms with van der Waals surface area (Å²) in [4.78, 5) is 12.1. The summed E-state index contributed by atoms with van der Waals surface area (Å²) in [6.07, 6.45) is 6.96. The average molecular weight is 338 g/mol. The van der Waals surface area contributed by atoms with Gasteiger partial charge in [-0.3, -0.25) is 9.10 Å². The minimum atomic E-state index is -3.41. The van der Waals surface area contributed by atoms with Gasteiger partial charge in [0, 0.05) is 19.0 Å². The summed E-state index contributed by atoms with van der Waals surface area (Å²) in [5.41, 5.74) is 1.60. The van der Waals surface area contributed by atoms with E-state index in [1.165, 1.54) is 17.0 Å². The molecule has 0 aromatic heterocycles. The molecule has 0 bridgehead atoms. The van der Waals surface area contributed by atoms with E-state index < -0.39 is 10.0 Å². The fraction of sp³-hybridized carbons (Fsp3) is 0.588. The molecule has 0 atom stereocenters. The Kier molecular flexibility index (Phi) is 6.04. The molecule has 1 aliphatic rings. The minimum absolute atomic E-state index is 0.0711. The summed E-state index contributed by atoms with van der Waals surface area (Å²) in [5, 5.41) is 3.03. The first-order valence-corrected chi connectivity index (χ1v) is 10.0. The van der Waals surface area contributed by atoms with Crippen LogP contribution in [0.15, 0.2) is 24.3 Å². The first kappa shape index (κ1) is 17.8. The third-order valence-corrected chi connectivity index (χ3v) is 5.40. The molecule has 0 spiro atoms. The van der Waals surface area contributed by atoms with Crippen molar-refractivity contribution in [1.29, 1.82) is 0 Å². The molecule has 6 heteroatoms. The smallest absolute Gasteiger partial charge is 0.232 e. The maximum atomic E-state index is 12.1. The Morgan fingerprint density at radius 1 is 1.26 bits per heavy atom. The van der Waals surface area contributed by atoms with Gasteiger partial charge in [0.25, 0.3) is 0 Å². The number of hydrogen-bond donors (Lipinski definition) is 1. The number of hydrogen-bond acceptors (Lipinski definition) is 3. The number of anilines is 1. The van der Waals surface area contributed by atoms with E-state index in [1.54, 1.807) is 6.07 Å². The van der Waals surface area contributed by atoms with Crippen LogP contribution < -0.4 is 9.62 Å². The Morgan fingerprint density at radius 2 is 1.96 bits per heavy atom. The number of nitrogens with zero attached hydrogens (tertiary/aromatic N) is 1. The molecule has 1 amide bonds. The molecule has 1 saturated carbocycles. The maximum absolute atomic E-state index is 12.1. The van der Waals surface area contributed by atoms with Gasteiger partial charge in [0.05, 0.1) is 11.9 Å². The highest BCUT2D eigenvalue weighted by atomic mass is 32.2. The molecule has 23 heavy (non-hydrogen) atoms. The Labute approximate surface area is 139 Å². The first-order valence-electron chi connectivity index (χ1n) is 8.20. The van der Waals surface area contributed by atoms with Crippen molar-refractivity contribution in [3.8, 4) is 0 Å². The summed E-state index contributed by atoms with van der Waals surface area (Å²) in [7, 11) is -3.41. The predicted octanol–water partition coefficient (Wildman–Crippen LogP) is 2.60. The van der Waals surface area contributed by atoms with Crippen LogP contribution in [0.1, 0.15) is 44.1 Å². The third kappa shape index (κ3) is 5.53. The molecule has 0 unspecified atom stereocenters. The molecular formula is C17H26N2O3S. The predicted molar refractivity (Wildman–Crippen MR) is 93.0 cm³/mol. The fourth-order valence-electron chi connectivity index (χ4n) is 3.02. The number of benzene rings is 1. The van der Waals surface area contributed by atoms with E-state index >= 15 is 0 Å². The fourth-order valence-corrected chi connectivity index (χ4v) is 3.94. The zero-order valence-electron chi connectivity index (χ0n) is 13.9. The van der Waals surface area contributed by atoms with Crippen LogP contribution in [-0.2, 0) is 14.8 Å². The second-order valence-electron chi connectivity index (χ2n) is 6.33. The summed E-state index contributed by atoms with van der Waals surface area (Å²) < 4.78 is 25.4. The van der Waals surface area contributed by atoms with Crippen molar-refractivity contribution in [3.63, 3.8) is 0 Å². The number of nitrogens with one attached hydrogen (secondary N) is 1. The summed E-state index contributed by atoms with van der Waals surface area (Å²) in [6.45, 7) is 2.08. The molecule has 5 nitrogen and oxygen atoms in total. The molecular weight excluding hydrogens is 312 g/mol. The van der Waals surface area contributed by atoms with E-state index in [1.807, 2.05) is 25.1 Å². The van der Waals surface area contributed by atoms with Gasteiger partial charge in [-0.15, -0.1) is 0 Å². The number of carbonyl (C=O) groups excluding carboxylic acids is 1. The standard InChI is InChI=1S/C17H26N2O3S/c1-14-7-6-10-16(13-14)19(23(2,21)22)12-11-17(20)18-15-8-4-3-5-9-15/h6-7,10,13,15H,3-5,8-9,11-12H2,1-2H3,(H,18,20). The summed E-state index contributed by atoms with van der Waals surface area (Å²) in [6, 6.07) is 7.57. The second-order valence-corrected chi connectivity index (χ2v) is 8.23. The van der Waals surface area contributed by atoms with Gasteiger partial charge in [-0.25, -0.2) is 8.42 Å². The van der Waals surface area contributed by atoms with Crippen LogP contribution >= 0.6 is 0 Å². The molecule has 0 heterocycles. The average Bonchev–Trinajstić information content (AvgIpc) is 2.47. The van der Waals surface area contributed by atoms with Gasteiger partial charge in [-0.1, -0.05) is 31.4 Å². The van der Waals surface area contributed by atoms with Gasteiger partial charge in [-0.2, -0.15) is 0 Å². The number of rotatable bonds is 6.